The molecule has 1 aliphatic heterocycles. The number of rotatable bonds is 5. The van der Waals surface area contributed by atoms with E-state index in [4.69, 9.17) is 9.47 Å². The normalized spacial score (nSPS) is 17.5. The Hall–Kier alpha value is -2.56. The lowest BCUT2D eigenvalue weighted by Crippen LogP contribution is -2.48. The zero-order valence-corrected chi connectivity index (χ0v) is 17.4. The van der Waals surface area contributed by atoms with E-state index in [9.17, 15) is 14.9 Å². The number of aromatic nitrogens is 2. The quantitative estimate of drug-likeness (QED) is 0.717. The van der Waals surface area contributed by atoms with E-state index in [0.717, 1.165) is 5.69 Å². The Morgan fingerprint density at radius 2 is 2.00 bits per heavy atom. The Kier molecular flexibility index (Phi) is 6.70. The molecule has 8 heteroatoms. The van der Waals surface area contributed by atoms with Crippen molar-refractivity contribution in [2.45, 2.75) is 58.5 Å². The van der Waals surface area contributed by atoms with Gasteiger partial charge < -0.3 is 14.4 Å². The molecule has 2 rings (SSSR count). The summed E-state index contributed by atoms with van der Waals surface area (Å²) in [5.74, 6) is -0.846. The minimum atomic E-state index is -0.618. The summed E-state index contributed by atoms with van der Waals surface area (Å²) >= 11 is 0. The zero-order chi connectivity index (χ0) is 20.9. The molecule has 0 aliphatic carbocycles. The smallest absolute Gasteiger partial charge is 0.410 e. The molecule has 1 saturated heterocycles. The van der Waals surface area contributed by atoms with E-state index in [2.05, 4.69) is 11.2 Å². The lowest BCUT2D eigenvalue weighted by Gasteiger charge is -2.43. The molecule has 1 atom stereocenters. The summed E-state index contributed by atoms with van der Waals surface area (Å²) in [6.45, 7) is 8.38. The molecule has 0 N–H and O–H groups in total. The Bertz CT molecular complexity index is 736. The molecule has 1 aromatic heterocycles. The lowest BCUT2D eigenvalue weighted by molar-refractivity contribution is -0.147. The molecule has 28 heavy (non-hydrogen) atoms. The highest BCUT2D eigenvalue weighted by molar-refractivity contribution is 5.71. The highest BCUT2D eigenvalue weighted by Crippen LogP contribution is 2.47. The summed E-state index contributed by atoms with van der Waals surface area (Å²) in [5.41, 5.74) is -0.425. The molecule has 0 spiro atoms. The number of ether oxygens (including phenoxy) is 2. The van der Waals surface area contributed by atoms with Gasteiger partial charge >= 0.3 is 12.1 Å². The van der Waals surface area contributed by atoms with Gasteiger partial charge in [-0.05, 0) is 46.6 Å². The molecule has 0 aromatic carbocycles. The number of esters is 1. The van der Waals surface area contributed by atoms with E-state index in [1.165, 1.54) is 0 Å². The van der Waals surface area contributed by atoms with Gasteiger partial charge in [-0.1, -0.05) is 0 Å². The van der Waals surface area contributed by atoms with Crippen LogP contribution >= 0.6 is 0 Å². The van der Waals surface area contributed by atoms with Gasteiger partial charge in [0.1, 0.15) is 5.60 Å². The molecule has 0 bridgehead atoms. The SMILES string of the molecule is CCOC(=O)CC1(C(C#N)c2ccnn2C)CCN(C(=O)OC(C)(C)C)CC1. The first-order chi connectivity index (χ1) is 13.1. The fraction of sp³-hybridized carbons (Fsp3) is 0.700. The summed E-state index contributed by atoms with van der Waals surface area (Å²) < 4.78 is 12.3. The molecule has 0 radical (unpaired) electrons. The number of carbonyl (C=O) groups is 2. The Labute approximate surface area is 166 Å². The fourth-order valence-electron chi connectivity index (χ4n) is 3.71. The molecule has 1 amide bonds. The molecule has 0 saturated carbocycles. The van der Waals surface area contributed by atoms with Gasteiger partial charge in [0.15, 0.2) is 0 Å². The topological polar surface area (TPSA) is 97.5 Å². The average Bonchev–Trinajstić information content (AvgIpc) is 3.00. The van der Waals surface area contributed by atoms with Crippen LogP contribution in [0.1, 0.15) is 58.6 Å². The summed E-state index contributed by atoms with van der Waals surface area (Å²) in [5, 5.41) is 14.1. The van der Waals surface area contributed by atoms with E-state index < -0.39 is 16.9 Å². The van der Waals surface area contributed by atoms with Crippen LogP contribution in [0.5, 0.6) is 0 Å². The number of aryl methyl sites for hydroxylation is 1. The van der Waals surface area contributed by atoms with Crippen molar-refractivity contribution in [1.82, 2.24) is 14.7 Å². The second-order valence-corrected chi connectivity index (χ2v) is 8.25. The van der Waals surface area contributed by atoms with Crippen LogP contribution in [-0.4, -0.2) is 52.0 Å². The number of hydrogen-bond donors (Lipinski definition) is 0. The molecular weight excluding hydrogens is 360 g/mol. The molecule has 154 valence electrons. The van der Waals surface area contributed by atoms with Gasteiger partial charge in [-0.2, -0.15) is 10.4 Å². The molecule has 2 heterocycles. The summed E-state index contributed by atoms with van der Waals surface area (Å²) in [4.78, 5) is 26.4. The molecule has 1 fully saturated rings. The molecule has 1 aliphatic rings. The number of hydrogen-bond acceptors (Lipinski definition) is 6. The van der Waals surface area contributed by atoms with Crippen molar-refractivity contribution in [3.05, 3.63) is 18.0 Å². The van der Waals surface area contributed by atoms with Crippen LogP contribution in [-0.2, 0) is 21.3 Å². The molecule has 1 aromatic rings. The van der Waals surface area contributed by atoms with Crippen molar-refractivity contribution >= 4 is 12.1 Å². The van der Waals surface area contributed by atoms with Crippen LogP contribution in [0.4, 0.5) is 4.79 Å². The lowest BCUT2D eigenvalue weighted by atomic mass is 9.66. The summed E-state index contributed by atoms with van der Waals surface area (Å²) in [6, 6.07) is 4.19. The van der Waals surface area contributed by atoms with Crippen LogP contribution in [0.2, 0.25) is 0 Å². The highest BCUT2D eigenvalue weighted by atomic mass is 16.6. The van der Waals surface area contributed by atoms with Gasteiger partial charge in [0.25, 0.3) is 0 Å². The van der Waals surface area contributed by atoms with Crippen LogP contribution in [0.3, 0.4) is 0 Å². The van der Waals surface area contributed by atoms with Crippen molar-refractivity contribution in [3.63, 3.8) is 0 Å². The van der Waals surface area contributed by atoms with E-state index in [1.54, 1.807) is 35.8 Å². The predicted molar refractivity (Wildman–Crippen MR) is 102 cm³/mol. The largest absolute Gasteiger partial charge is 0.466 e. The molecule has 8 nitrogen and oxygen atoms in total. The number of piperidine rings is 1. The zero-order valence-electron chi connectivity index (χ0n) is 17.4. The van der Waals surface area contributed by atoms with Gasteiger partial charge in [0.2, 0.25) is 0 Å². The fourth-order valence-corrected chi connectivity index (χ4v) is 3.71. The summed E-state index contributed by atoms with van der Waals surface area (Å²) in [7, 11) is 1.79. The standard InChI is InChI=1S/C20H30N4O4/c1-6-27-17(25)13-20(15(14-21)16-7-10-22-23(16)5)8-11-24(12-9-20)18(26)28-19(2,3)4/h7,10,15H,6,8-9,11-13H2,1-5H3. The number of nitrogens with zero attached hydrogens (tertiary/aromatic N) is 4. The van der Waals surface area contributed by atoms with Gasteiger partial charge in [0, 0.05) is 31.7 Å². The Morgan fingerprint density at radius 3 is 2.46 bits per heavy atom. The first-order valence-electron chi connectivity index (χ1n) is 9.63. The number of carbonyl (C=O) groups excluding carboxylic acids is 2. The third-order valence-corrected chi connectivity index (χ3v) is 5.11. The van der Waals surface area contributed by atoms with Crippen molar-refractivity contribution in [2.24, 2.45) is 12.5 Å². The number of likely N-dealkylation sites (tertiary alicyclic amines) is 1. The van der Waals surface area contributed by atoms with Crippen LogP contribution in [0, 0.1) is 16.7 Å². The number of nitriles is 1. The van der Waals surface area contributed by atoms with Gasteiger partial charge in [-0.25, -0.2) is 4.79 Å². The Balaban J connectivity index is 2.25. The Morgan fingerprint density at radius 1 is 1.36 bits per heavy atom. The van der Waals surface area contributed by atoms with E-state index >= 15 is 0 Å². The first kappa shape index (κ1) is 21.7. The minimum absolute atomic E-state index is 0.131. The van der Waals surface area contributed by atoms with E-state index in [0.29, 0.717) is 32.5 Å². The van der Waals surface area contributed by atoms with Crippen LogP contribution < -0.4 is 0 Å². The highest BCUT2D eigenvalue weighted by Gasteiger charge is 2.46. The third-order valence-electron chi connectivity index (χ3n) is 5.11. The van der Waals surface area contributed by atoms with Gasteiger partial charge in [-0.3, -0.25) is 9.48 Å². The second-order valence-electron chi connectivity index (χ2n) is 8.25. The minimum Gasteiger partial charge on any atom is -0.466 e. The monoisotopic (exact) mass is 390 g/mol. The summed E-state index contributed by atoms with van der Waals surface area (Å²) in [6.07, 6.45) is 2.43. The first-order valence-corrected chi connectivity index (χ1v) is 9.63. The molecular formula is C20H30N4O4. The molecule has 1 unspecified atom stereocenters. The predicted octanol–water partition coefficient (Wildman–Crippen LogP) is 3.00. The van der Waals surface area contributed by atoms with Gasteiger partial charge in [0.05, 0.1) is 30.7 Å². The van der Waals surface area contributed by atoms with E-state index in [-0.39, 0.29) is 18.5 Å². The average molecular weight is 390 g/mol. The second kappa shape index (κ2) is 8.63. The maximum Gasteiger partial charge on any atom is 0.410 e. The van der Waals surface area contributed by atoms with Crippen molar-refractivity contribution in [3.8, 4) is 6.07 Å². The van der Waals surface area contributed by atoms with Crippen LogP contribution in [0.15, 0.2) is 12.3 Å². The van der Waals surface area contributed by atoms with Crippen molar-refractivity contribution in [1.29, 1.82) is 5.26 Å². The van der Waals surface area contributed by atoms with Crippen molar-refractivity contribution in [2.75, 3.05) is 19.7 Å². The maximum atomic E-state index is 12.4. The van der Waals surface area contributed by atoms with Crippen molar-refractivity contribution < 1.29 is 19.1 Å². The third kappa shape index (κ3) is 5.03. The maximum absolute atomic E-state index is 12.4. The number of amides is 1. The van der Waals surface area contributed by atoms with Crippen LogP contribution in [0.25, 0.3) is 0 Å². The van der Waals surface area contributed by atoms with E-state index in [1.807, 2.05) is 20.8 Å². The van der Waals surface area contributed by atoms with Gasteiger partial charge in [-0.15, -0.1) is 0 Å².